The molecule has 0 aromatic heterocycles. The summed E-state index contributed by atoms with van der Waals surface area (Å²) in [5.41, 5.74) is 2.15. The van der Waals surface area contributed by atoms with Gasteiger partial charge in [-0.05, 0) is 30.5 Å². The summed E-state index contributed by atoms with van der Waals surface area (Å²) in [7, 11) is 0. The van der Waals surface area contributed by atoms with Crippen molar-refractivity contribution in [1.82, 2.24) is 0 Å². The Morgan fingerprint density at radius 2 is 2.12 bits per heavy atom. The van der Waals surface area contributed by atoms with Gasteiger partial charge in [-0.2, -0.15) is 0 Å². The van der Waals surface area contributed by atoms with E-state index in [-0.39, 0.29) is 11.9 Å². The van der Waals surface area contributed by atoms with Gasteiger partial charge in [-0.25, -0.2) is 4.39 Å². The number of hydrogen-bond acceptors (Lipinski definition) is 1. The van der Waals surface area contributed by atoms with E-state index in [1.165, 1.54) is 12.1 Å². The summed E-state index contributed by atoms with van der Waals surface area (Å²) >= 11 is 3.36. The van der Waals surface area contributed by atoms with Crippen LogP contribution >= 0.6 is 15.9 Å². The highest BCUT2D eigenvalue weighted by atomic mass is 79.9. The van der Waals surface area contributed by atoms with Crippen molar-refractivity contribution in [2.45, 2.75) is 32.8 Å². The Bertz CT molecular complexity index is 380. The molecule has 1 fully saturated rings. The molecule has 3 heteroatoms. The highest BCUT2D eigenvalue weighted by Gasteiger charge is 2.20. The Hall–Kier alpha value is -0.670. The fourth-order valence-electron chi connectivity index (χ4n) is 1.72. The van der Waals surface area contributed by atoms with E-state index in [0.717, 1.165) is 28.5 Å². The molecule has 2 rings (SSSR count). The van der Waals surface area contributed by atoms with Gasteiger partial charge in [0, 0.05) is 4.47 Å². The van der Waals surface area contributed by atoms with E-state index in [4.69, 9.17) is 4.74 Å². The minimum atomic E-state index is -0.231. The minimum absolute atomic E-state index is 0.0606. The lowest BCUT2D eigenvalue weighted by molar-refractivity contribution is 0.0415. The first-order chi connectivity index (χ1) is 8.16. The summed E-state index contributed by atoms with van der Waals surface area (Å²) in [5, 5.41) is 0. The molecule has 17 heavy (non-hydrogen) atoms. The van der Waals surface area contributed by atoms with E-state index in [2.05, 4.69) is 22.5 Å². The second-order valence-corrected chi connectivity index (χ2v) is 4.61. The molecule has 1 aromatic carbocycles. The molecule has 1 atom stereocenters. The van der Waals surface area contributed by atoms with Crippen molar-refractivity contribution in [3.8, 4) is 0 Å². The summed E-state index contributed by atoms with van der Waals surface area (Å²) in [6.07, 6.45) is 1.96. The Labute approximate surface area is 111 Å². The number of halogens is 2. The molecule has 1 aromatic rings. The zero-order valence-corrected chi connectivity index (χ0v) is 11.9. The van der Waals surface area contributed by atoms with Crippen molar-refractivity contribution < 1.29 is 9.13 Å². The van der Waals surface area contributed by atoms with Gasteiger partial charge < -0.3 is 4.74 Å². The maximum Gasteiger partial charge on any atom is 0.124 e. The number of ether oxygens (including phenoxy) is 1. The lowest BCUT2D eigenvalue weighted by Crippen LogP contribution is -2.13. The molecule has 1 saturated heterocycles. The standard InChI is InChI=1S/C12H12BrFO.C2H6/c1-8-2-5-12(15-7-8)10-4-3-9(14)6-11(10)13;1-2/h3-4,6,12H,1-2,5,7H2;1-2H3. The Morgan fingerprint density at radius 3 is 2.65 bits per heavy atom. The average Bonchev–Trinajstić information content (AvgIpc) is 2.33. The second kappa shape index (κ2) is 6.92. The van der Waals surface area contributed by atoms with Crippen molar-refractivity contribution in [1.29, 1.82) is 0 Å². The number of benzene rings is 1. The largest absolute Gasteiger partial charge is 0.369 e. The van der Waals surface area contributed by atoms with Crippen molar-refractivity contribution in [3.63, 3.8) is 0 Å². The Morgan fingerprint density at radius 1 is 1.41 bits per heavy atom. The van der Waals surface area contributed by atoms with Crippen LogP contribution in [0.25, 0.3) is 0 Å². The van der Waals surface area contributed by atoms with E-state index >= 15 is 0 Å². The fourth-order valence-corrected chi connectivity index (χ4v) is 2.32. The normalized spacial score (nSPS) is 19.5. The zero-order chi connectivity index (χ0) is 12.8. The molecular weight excluding hydrogens is 283 g/mol. The van der Waals surface area contributed by atoms with E-state index in [9.17, 15) is 4.39 Å². The molecule has 0 spiro atoms. The molecule has 0 N–H and O–H groups in total. The van der Waals surface area contributed by atoms with Gasteiger partial charge in [0.25, 0.3) is 0 Å². The molecule has 0 bridgehead atoms. The fraction of sp³-hybridized carbons (Fsp3) is 0.429. The second-order valence-electron chi connectivity index (χ2n) is 3.75. The summed E-state index contributed by atoms with van der Waals surface area (Å²) < 4.78 is 19.3. The zero-order valence-electron chi connectivity index (χ0n) is 10.3. The summed E-state index contributed by atoms with van der Waals surface area (Å²) in [6, 6.07) is 4.72. The van der Waals surface area contributed by atoms with Crippen LogP contribution in [-0.2, 0) is 4.74 Å². The van der Waals surface area contributed by atoms with Crippen molar-refractivity contribution in [3.05, 3.63) is 46.2 Å². The SMILES string of the molecule is C=C1CCC(c2ccc(F)cc2Br)OC1.CC. The van der Waals surface area contributed by atoms with E-state index in [1.807, 2.05) is 13.8 Å². The quantitative estimate of drug-likeness (QED) is 0.662. The predicted molar refractivity (Wildman–Crippen MR) is 72.5 cm³/mol. The van der Waals surface area contributed by atoms with E-state index in [0.29, 0.717) is 6.61 Å². The van der Waals surface area contributed by atoms with Crippen LogP contribution in [0.3, 0.4) is 0 Å². The van der Waals surface area contributed by atoms with Crippen LogP contribution in [0.15, 0.2) is 34.8 Å². The first-order valence-corrected chi connectivity index (χ1v) is 6.69. The molecular formula is C14H18BrFO. The summed E-state index contributed by atoms with van der Waals surface area (Å²) in [4.78, 5) is 0. The van der Waals surface area contributed by atoms with Gasteiger partial charge >= 0.3 is 0 Å². The third kappa shape index (κ3) is 3.93. The first-order valence-electron chi connectivity index (χ1n) is 5.90. The maximum absolute atomic E-state index is 12.9. The van der Waals surface area contributed by atoms with Crippen molar-refractivity contribution in [2.24, 2.45) is 0 Å². The van der Waals surface area contributed by atoms with Gasteiger partial charge in [-0.1, -0.05) is 48.0 Å². The lowest BCUT2D eigenvalue weighted by atomic mass is 9.99. The monoisotopic (exact) mass is 300 g/mol. The summed E-state index contributed by atoms with van der Waals surface area (Å²) in [6.45, 7) is 8.49. The lowest BCUT2D eigenvalue weighted by Gasteiger charge is -2.25. The highest BCUT2D eigenvalue weighted by Crippen LogP contribution is 2.34. The van der Waals surface area contributed by atoms with Crippen LogP contribution in [-0.4, -0.2) is 6.61 Å². The predicted octanol–water partition coefficient (Wildman–Crippen LogP) is 5.02. The van der Waals surface area contributed by atoms with Crippen molar-refractivity contribution >= 4 is 15.9 Å². The summed E-state index contributed by atoms with van der Waals surface area (Å²) in [5.74, 6) is -0.231. The van der Waals surface area contributed by atoms with Crippen LogP contribution in [0.5, 0.6) is 0 Å². The van der Waals surface area contributed by atoms with Gasteiger partial charge in [0.2, 0.25) is 0 Å². The number of rotatable bonds is 1. The third-order valence-electron chi connectivity index (χ3n) is 2.56. The van der Waals surface area contributed by atoms with Crippen LogP contribution in [0.4, 0.5) is 4.39 Å². The van der Waals surface area contributed by atoms with Crippen LogP contribution in [0.2, 0.25) is 0 Å². The first kappa shape index (κ1) is 14.4. The van der Waals surface area contributed by atoms with Crippen molar-refractivity contribution in [2.75, 3.05) is 6.61 Å². The van der Waals surface area contributed by atoms with Crippen LogP contribution in [0.1, 0.15) is 38.4 Å². The highest BCUT2D eigenvalue weighted by molar-refractivity contribution is 9.10. The van der Waals surface area contributed by atoms with Crippen LogP contribution < -0.4 is 0 Å². The molecule has 0 radical (unpaired) electrons. The molecule has 1 unspecified atom stereocenters. The molecule has 1 nitrogen and oxygen atoms in total. The van der Waals surface area contributed by atoms with Gasteiger partial charge in [0.1, 0.15) is 5.82 Å². The molecule has 1 aliphatic rings. The van der Waals surface area contributed by atoms with Crippen LogP contribution in [0, 0.1) is 5.82 Å². The Balaban J connectivity index is 0.000000686. The third-order valence-corrected chi connectivity index (χ3v) is 3.24. The Kier molecular flexibility index (Phi) is 5.86. The molecule has 0 aliphatic carbocycles. The number of hydrogen-bond donors (Lipinski definition) is 0. The topological polar surface area (TPSA) is 9.23 Å². The molecule has 1 heterocycles. The van der Waals surface area contributed by atoms with Gasteiger partial charge in [0.05, 0.1) is 12.7 Å². The molecule has 0 amide bonds. The smallest absolute Gasteiger partial charge is 0.124 e. The molecule has 0 saturated carbocycles. The van der Waals surface area contributed by atoms with E-state index < -0.39 is 0 Å². The maximum atomic E-state index is 12.9. The van der Waals surface area contributed by atoms with Gasteiger partial charge in [-0.3, -0.25) is 0 Å². The molecule has 94 valence electrons. The molecule has 1 aliphatic heterocycles. The minimum Gasteiger partial charge on any atom is -0.369 e. The van der Waals surface area contributed by atoms with Gasteiger partial charge in [0.15, 0.2) is 0 Å². The van der Waals surface area contributed by atoms with Gasteiger partial charge in [-0.15, -0.1) is 0 Å². The van der Waals surface area contributed by atoms with E-state index in [1.54, 1.807) is 6.07 Å². The average molecular weight is 301 g/mol.